The molecule has 5 heteroatoms. The SMILES string of the molecule is CNC(=O)COc1ccc(/C=C/c2ccc3cc(C)ccc3n2)cc1OC. The molecular formula is C22H22N2O3. The van der Waals surface area contributed by atoms with Gasteiger partial charge in [-0.25, -0.2) is 4.98 Å². The number of hydrogen-bond acceptors (Lipinski definition) is 4. The van der Waals surface area contributed by atoms with Crippen LogP contribution in [-0.4, -0.2) is 31.7 Å². The molecule has 1 aromatic heterocycles. The zero-order valence-corrected chi connectivity index (χ0v) is 15.7. The molecule has 0 bridgehead atoms. The number of amides is 1. The Morgan fingerprint density at radius 2 is 1.93 bits per heavy atom. The molecule has 0 spiro atoms. The summed E-state index contributed by atoms with van der Waals surface area (Å²) in [6, 6.07) is 15.8. The molecule has 0 atom stereocenters. The highest BCUT2D eigenvalue weighted by atomic mass is 16.5. The third kappa shape index (κ3) is 4.64. The van der Waals surface area contributed by atoms with E-state index in [0.717, 1.165) is 22.2 Å². The maximum absolute atomic E-state index is 11.3. The third-order valence-corrected chi connectivity index (χ3v) is 4.14. The Hall–Kier alpha value is -3.34. The third-order valence-electron chi connectivity index (χ3n) is 4.14. The van der Waals surface area contributed by atoms with Crippen molar-refractivity contribution in [2.24, 2.45) is 0 Å². The van der Waals surface area contributed by atoms with Crippen LogP contribution in [0, 0.1) is 6.92 Å². The lowest BCUT2D eigenvalue weighted by Crippen LogP contribution is -2.24. The van der Waals surface area contributed by atoms with Gasteiger partial charge in [-0.3, -0.25) is 4.79 Å². The normalized spacial score (nSPS) is 10.9. The predicted octanol–water partition coefficient (Wildman–Crippen LogP) is 3.85. The van der Waals surface area contributed by atoms with E-state index in [4.69, 9.17) is 9.47 Å². The molecule has 0 aliphatic carbocycles. The van der Waals surface area contributed by atoms with Gasteiger partial charge >= 0.3 is 0 Å². The van der Waals surface area contributed by atoms with Crippen molar-refractivity contribution in [2.45, 2.75) is 6.92 Å². The van der Waals surface area contributed by atoms with E-state index in [1.807, 2.05) is 36.4 Å². The van der Waals surface area contributed by atoms with Gasteiger partial charge in [-0.15, -0.1) is 0 Å². The summed E-state index contributed by atoms with van der Waals surface area (Å²) in [6.07, 6.45) is 3.92. The molecule has 3 aromatic rings. The number of pyridine rings is 1. The first-order chi connectivity index (χ1) is 13.1. The van der Waals surface area contributed by atoms with Gasteiger partial charge in [0.05, 0.1) is 18.3 Å². The minimum atomic E-state index is -0.196. The van der Waals surface area contributed by atoms with Crippen LogP contribution in [0.25, 0.3) is 23.1 Å². The molecule has 0 aliphatic rings. The van der Waals surface area contributed by atoms with Crippen LogP contribution in [0.3, 0.4) is 0 Å². The lowest BCUT2D eigenvalue weighted by Gasteiger charge is -2.10. The molecule has 0 unspecified atom stereocenters. The van der Waals surface area contributed by atoms with E-state index in [-0.39, 0.29) is 12.5 Å². The van der Waals surface area contributed by atoms with Gasteiger partial charge in [-0.05, 0) is 48.9 Å². The van der Waals surface area contributed by atoms with E-state index in [0.29, 0.717) is 11.5 Å². The Bertz CT molecular complexity index is 996. The summed E-state index contributed by atoms with van der Waals surface area (Å²) < 4.78 is 10.8. The van der Waals surface area contributed by atoms with Gasteiger partial charge in [0.2, 0.25) is 0 Å². The van der Waals surface area contributed by atoms with E-state index in [1.165, 1.54) is 5.56 Å². The van der Waals surface area contributed by atoms with E-state index in [1.54, 1.807) is 20.2 Å². The first-order valence-electron chi connectivity index (χ1n) is 8.66. The molecule has 5 nitrogen and oxygen atoms in total. The number of fused-ring (bicyclic) bond motifs is 1. The topological polar surface area (TPSA) is 60.5 Å². The number of nitrogens with zero attached hydrogens (tertiary/aromatic N) is 1. The quantitative estimate of drug-likeness (QED) is 0.724. The number of likely N-dealkylation sites (N-methyl/N-ethyl adjacent to an activating group) is 1. The standard InChI is InChI=1S/C22H22N2O3/c1-15-4-10-19-17(12-15)7-9-18(24-19)8-5-16-6-11-20(21(13-16)26-3)27-14-22(25)23-2/h4-13H,14H2,1-3H3,(H,23,25)/b8-5+. The van der Waals surface area contributed by atoms with Gasteiger partial charge in [0, 0.05) is 12.4 Å². The Morgan fingerprint density at radius 1 is 1.07 bits per heavy atom. The average Bonchev–Trinajstić information content (AvgIpc) is 2.70. The number of benzene rings is 2. The number of carbonyl (C=O) groups excluding carboxylic acids is 1. The van der Waals surface area contributed by atoms with Crippen molar-refractivity contribution in [3.63, 3.8) is 0 Å². The highest BCUT2D eigenvalue weighted by molar-refractivity contribution is 5.81. The number of methoxy groups -OCH3 is 1. The van der Waals surface area contributed by atoms with Crippen molar-refractivity contribution >= 4 is 29.0 Å². The summed E-state index contributed by atoms with van der Waals surface area (Å²) in [5.41, 5.74) is 4.02. The number of aryl methyl sites for hydroxylation is 1. The summed E-state index contributed by atoms with van der Waals surface area (Å²) in [6.45, 7) is 2.02. The fourth-order valence-electron chi connectivity index (χ4n) is 2.66. The van der Waals surface area contributed by atoms with Crippen molar-refractivity contribution < 1.29 is 14.3 Å². The molecule has 1 N–H and O–H groups in total. The van der Waals surface area contributed by atoms with E-state index in [2.05, 4.69) is 35.4 Å². The highest BCUT2D eigenvalue weighted by Gasteiger charge is 2.07. The molecule has 138 valence electrons. The van der Waals surface area contributed by atoms with Crippen molar-refractivity contribution in [1.29, 1.82) is 0 Å². The molecule has 3 rings (SSSR count). The number of aromatic nitrogens is 1. The van der Waals surface area contributed by atoms with Gasteiger partial charge in [-0.2, -0.15) is 0 Å². The van der Waals surface area contributed by atoms with Crippen LogP contribution in [0.5, 0.6) is 11.5 Å². The maximum atomic E-state index is 11.3. The fourth-order valence-corrected chi connectivity index (χ4v) is 2.66. The van der Waals surface area contributed by atoms with Gasteiger partial charge in [0.15, 0.2) is 18.1 Å². The van der Waals surface area contributed by atoms with Crippen LogP contribution in [-0.2, 0) is 4.79 Å². The fraction of sp³-hybridized carbons (Fsp3) is 0.182. The van der Waals surface area contributed by atoms with Gasteiger partial charge in [0.25, 0.3) is 5.91 Å². The molecule has 1 heterocycles. The molecular weight excluding hydrogens is 340 g/mol. The minimum absolute atomic E-state index is 0.0530. The lowest BCUT2D eigenvalue weighted by atomic mass is 10.1. The largest absolute Gasteiger partial charge is 0.493 e. The average molecular weight is 362 g/mol. The number of rotatable bonds is 6. The number of carbonyl (C=O) groups is 1. The van der Waals surface area contributed by atoms with Gasteiger partial charge in [-0.1, -0.05) is 29.8 Å². The van der Waals surface area contributed by atoms with Crippen LogP contribution in [0.4, 0.5) is 0 Å². The van der Waals surface area contributed by atoms with Crippen LogP contribution in [0.1, 0.15) is 16.8 Å². The second kappa shape index (κ2) is 8.36. The number of hydrogen-bond donors (Lipinski definition) is 1. The minimum Gasteiger partial charge on any atom is -0.493 e. The van der Waals surface area contributed by atoms with Crippen LogP contribution in [0.2, 0.25) is 0 Å². The second-order valence-electron chi connectivity index (χ2n) is 6.14. The predicted molar refractivity (Wildman–Crippen MR) is 108 cm³/mol. The van der Waals surface area contributed by atoms with Gasteiger partial charge in [0.1, 0.15) is 0 Å². The Balaban J connectivity index is 1.78. The van der Waals surface area contributed by atoms with E-state index >= 15 is 0 Å². The summed E-state index contributed by atoms with van der Waals surface area (Å²) >= 11 is 0. The molecule has 0 saturated carbocycles. The maximum Gasteiger partial charge on any atom is 0.257 e. The van der Waals surface area contributed by atoms with Crippen molar-refractivity contribution in [3.05, 3.63) is 65.4 Å². The van der Waals surface area contributed by atoms with E-state index < -0.39 is 0 Å². The van der Waals surface area contributed by atoms with Gasteiger partial charge < -0.3 is 14.8 Å². The molecule has 0 aliphatic heterocycles. The first kappa shape index (κ1) is 18.5. The molecule has 0 fully saturated rings. The molecule has 0 radical (unpaired) electrons. The van der Waals surface area contributed by atoms with Crippen molar-refractivity contribution in [2.75, 3.05) is 20.8 Å². The van der Waals surface area contributed by atoms with E-state index in [9.17, 15) is 4.79 Å². The summed E-state index contributed by atoms with van der Waals surface area (Å²) in [4.78, 5) is 16.0. The second-order valence-corrected chi connectivity index (χ2v) is 6.14. The van der Waals surface area contributed by atoms with Crippen LogP contribution >= 0.6 is 0 Å². The summed E-state index contributed by atoms with van der Waals surface area (Å²) in [7, 11) is 3.14. The van der Waals surface area contributed by atoms with Crippen LogP contribution < -0.4 is 14.8 Å². The van der Waals surface area contributed by atoms with Crippen LogP contribution in [0.15, 0.2) is 48.5 Å². The highest BCUT2D eigenvalue weighted by Crippen LogP contribution is 2.28. The monoisotopic (exact) mass is 362 g/mol. The summed E-state index contributed by atoms with van der Waals surface area (Å²) in [5, 5.41) is 3.65. The molecule has 0 saturated heterocycles. The Morgan fingerprint density at radius 3 is 2.70 bits per heavy atom. The molecule has 2 aromatic carbocycles. The Kier molecular flexibility index (Phi) is 5.71. The summed E-state index contributed by atoms with van der Waals surface area (Å²) in [5.74, 6) is 0.902. The molecule has 27 heavy (non-hydrogen) atoms. The zero-order chi connectivity index (χ0) is 19.2. The smallest absolute Gasteiger partial charge is 0.257 e. The van der Waals surface area contributed by atoms with Crippen molar-refractivity contribution in [1.82, 2.24) is 10.3 Å². The number of nitrogens with one attached hydrogen (secondary N) is 1. The lowest BCUT2D eigenvalue weighted by molar-refractivity contribution is -0.122. The molecule has 1 amide bonds. The zero-order valence-electron chi connectivity index (χ0n) is 15.7. The first-order valence-corrected chi connectivity index (χ1v) is 8.66. The number of ether oxygens (including phenoxy) is 2. The Labute approximate surface area is 158 Å². The van der Waals surface area contributed by atoms with Crippen molar-refractivity contribution in [3.8, 4) is 11.5 Å².